The van der Waals surface area contributed by atoms with Crippen molar-refractivity contribution in [2.45, 2.75) is 33.2 Å². The number of carbonyl (C=O) groups excluding carboxylic acids is 1. The molecule has 25 heavy (non-hydrogen) atoms. The van der Waals surface area contributed by atoms with E-state index in [4.69, 9.17) is 0 Å². The summed E-state index contributed by atoms with van der Waals surface area (Å²) in [5.41, 5.74) is 2.56. The Hall–Kier alpha value is -1.91. The lowest BCUT2D eigenvalue weighted by atomic mass is 9.99. The molecule has 1 unspecified atom stereocenters. The summed E-state index contributed by atoms with van der Waals surface area (Å²) in [5, 5.41) is 6.26. The quantitative estimate of drug-likeness (QED) is 0.720. The van der Waals surface area contributed by atoms with E-state index in [2.05, 4.69) is 10.6 Å². The van der Waals surface area contributed by atoms with Crippen LogP contribution in [-0.2, 0) is 17.8 Å². The Labute approximate surface area is 155 Å². The lowest BCUT2D eigenvalue weighted by Crippen LogP contribution is -2.22. The SMILES string of the molecule is CCNCc1ccccc1NC(=O)C(C)CCc1ccccc1F.Cl. The van der Waals surface area contributed by atoms with Crippen LogP contribution >= 0.6 is 12.4 Å². The molecule has 1 atom stereocenters. The summed E-state index contributed by atoms with van der Waals surface area (Å²) in [7, 11) is 0. The van der Waals surface area contributed by atoms with Gasteiger partial charge >= 0.3 is 0 Å². The van der Waals surface area contributed by atoms with Crippen molar-refractivity contribution in [3.63, 3.8) is 0 Å². The Morgan fingerprint density at radius 3 is 2.40 bits per heavy atom. The molecular formula is C20H26ClFN2O. The second-order valence-electron chi connectivity index (χ2n) is 5.96. The van der Waals surface area contributed by atoms with Crippen LogP contribution in [-0.4, -0.2) is 12.5 Å². The van der Waals surface area contributed by atoms with E-state index in [9.17, 15) is 9.18 Å². The van der Waals surface area contributed by atoms with Crippen LogP contribution in [0.1, 0.15) is 31.4 Å². The number of carbonyl (C=O) groups is 1. The molecule has 2 N–H and O–H groups in total. The highest BCUT2D eigenvalue weighted by atomic mass is 35.5. The zero-order chi connectivity index (χ0) is 17.4. The van der Waals surface area contributed by atoms with Gasteiger partial charge in [0.15, 0.2) is 0 Å². The molecule has 0 aliphatic rings. The Bertz CT molecular complexity index is 678. The van der Waals surface area contributed by atoms with Gasteiger partial charge in [-0.3, -0.25) is 4.79 Å². The van der Waals surface area contributed by atoms with Gasteiger partial charge in [-0.15, -0.1) is 12.4 Å². The van der Waals surface area contributed by atoms with Crippen LogP contribution in [0, 0.1) is 11.7 Å². The monoisotopic (exact) mass is 364 g/mol. The predicted molar refractivity (Wildman–Crippen MR) is 104 cm³/mol. The number of anilines is 1. The molecule has 0 spiro atoms. The fourth-order valence-corrected chi connectivity index (χ4v) is 2.52. The predicted octanol–water partition coefficient (Wildman–Crippen LogP) is 4.56. The third kappa shape index (κ3) is 6.48. The van der Waals surface area contributed by atoms with Crippen molar-refractivity contribution in [2.75, 3.05) is 11.9 Å². The van der Waals surface area contributed by atoms with Crippen molar-refractivity contribution in [1.82, 2.24) is 5.32 Å². The molecule has 0 aliphatic carbocycles. The van der Waals surface area contributed by atoms with Crippen LogP contribution in [0.4, 0.5) is 10.1 Å². The zero-order valence-electron chi connectivity index (χ0n) is 14.7. The minimum atomic E-state index is -0.207. The highest BCUT2D eigenvalue weighted by molar-refractivity contribution is 5.93. The van der Waals surface area contributed by atoms with Gasteiger partial charge in [0.1, 0.15) is 5.82 Å². The zero-order valence-corrected chi connectivity index (χ0v) is 15.5. The Morgan fingerprint density at radius 2 is 1.72 bits per heavy atom. The van der Waals surface area contributed by atoms with Crippen LogP contribution in [0.25, 0.3) is 0 Å². The summed E-state index contributed by atoms with van der Waals surface area (Å²) < 4.78 is 13.7. The molecule has 0 aromatic heterocycles. The van der Waals surface area contributed by atoms with Gasteiger partial charge < -0.3 is 10.6 Å². The smallest absolute Gasteiger partial charge is 0.227 e. The molecular weight excluding hydrogens is 339 g/mol. The van der Waals surface area contributed by atoms with Crippen LogP contribution in [0.15, 0.2) is 48.5 Å². The van der Waals surface area contributed by atoms with Crippen molar-refractivity contribution in [3.8, 4) is 0 Å². The van der Waals surface area contributed by atoms with Gasteiger partial charge in [-0.1, -0.05) is 50.2 Å². The molecule has 2 rings (SSSR count). The summed E-state index contributed by atoms with van der Waals surface area (Å²) in [6.07, 6.45) is 1.17. The maximum atomic E-state index is 13.7. The lowest BCUT2D eigenvalue weighted by molar-refractivity contribution is -0.119. The van der Waals surface area contributed by atoms with Gasteiger partial charge in [-0.25, -0.2) is 4.39 Å². The first-order valence-corrected chi connectivity index (χ1v) is 8.44. The van der Waals surface area contributed by atoms with Crippen molar-refractivity contribution >= 4 is 24.0 Å². The maximum absolute atomic E-state index is 13.7. The highest BCUT2D eigenvalue weighted by Crippen LogP contribution is 2.18. The molecule has 0 fully saturated rings. The summed E-state index contributed by atoms with van der Waals surface area (Å²) in [6, 6.07) is 14.5. The molecule has 0 heterocycles. The van der Waals surface area contributed by atoms with E-state index in [0.29, 0.717) is 18.4 Å². The third-order valence-corrected chi connectivity index (χ3v) is 4.09. The van der Waals surface area contributed by atoms with Crippen LogP contribution < -0.4 is 10.6 Å². The molecule has 0 aliphatic heterocycles. The summed E-state index contributed by atoms with van der Waals surface area (Å²) in [4.78, 5) is 12.4. The normalized spacial score (nSPS) is 11.5. The third-order valence-electron chi connectivity index (χ3n) is 4.09. The number of hydrogen-bond acceptors (Lipinski definition) is 2. The number of halogens is 2. The van der Waals surface area contributed by atoms with E-state index in [-0.39, 0.29) is 30.0 Å². The summed E-state index contributed by atoms with van der Waals surface area (Å²) >= 11 is 0. The average Bonchev–Trinajstić information content (AvgIpc) is 2.60. The molecule has 2 aromatic carbocycles. The van der Waals surface area contributed by atoms with Crippen molar-refractivity contribution in [3.05, 3.63) is 65.5 Å². The number of benzene rings is 2. The van der Waals surface area contributed by atoms with Gasteiger partial charge in [0, 0.05) is 18.2 Å². The first-order valence-electron chi connectivity index (χ1n) is 8.44. The minimum Gasteiger partial charge on any atom is -0.326 e. The maximum Gasteiger partial charge on any atom is 0.227 e. The van der Waals surface area contributed by atoms with Crippen molar-refractivity contribution < 1.29 is 9.18 Å². The Balaban J connectivity index is 0.00000312. The number of para-hydroxylation sites is 1. The van der Waals surface area contributed by atoms with Crippen LogP contribution in [0.5, 0.6) is 0 Å². The largest absolute Gasteiger partial charge is 0.326 e. The molecule has 0 radical (unpaired) electrons. The lowest BCUT2D eigenvalue weighted by Gasteiger charge is -2.15. The standard InChI is InChI=1S/C20H25FN2O.ClH/c1-3-22-14-17-9-5-7-11-19(17)23-20(24)15(2)12-13-16-8-4-6-10-18(16)21;/h4-11,15,22H,3,12-14H2,1-2H3,(H,23,24);1H. The number of aryl methyl sites for hydroxylation is 1. The van der Waals surface area contributed by atoms with Gasteiger partial charge in [0.25, 0.3) is 0 Å². The van der Waals surface area contributed by atoms with Crippen molar-refractivity contribution in [1.29, 1.82) is 0 Å². The molecule has 2 aromatic rings. The number of amides is 1. The van der Waals surface area contributed by atoms with Crippen LogP contribution in [0.3, 0.4) is 0 Å². The van der Waals surface area contributed by atoms with E-state index in [1.165, 1.54) is 6.07 Å². The van der Waals surface area contributed by atoms with E-state index < -0.39 is 0 Å². The van der Waals surface area contributed by atoms with E-state index >= 15 is 0 Å². The second-order valence-corrected chi connectivity index (χ2v) is 5.96. The van der Waals surface area contributed by atoms with Gasteiger partial charge in [0.05, 0.1) is 0 Å². The van der Waals surface area contributed by atoms with Gasteiger partial charge in [0.2, 0.25) is 5.91 Å². The molecule has 136 valence electrons. The Morgan fingerprint density at radius 1 is 1.08 bits per heavy atom. The van der Waals surface area contributed by atoms with Gasteiger partial charge in [-0.05, 0) is 42.6 Å². The molecule has 1 amide bonds. The average molecular weight is 365 g/mol. The number of nitrogens with one attached hydrogen (secondary N) is 2. The molecule has 0 saturated carbocycles. The van der Waals surface area contributed by atoms with E-state index in [0.717, 1.165) is 24.3 Å². The fraction of sp³-hybridized carbons (Fsp3) is 0.350. The Kier molecular flexibility index (Phi) is 9.17. The van der Waals surface area contributed by atoms with E-state index in [1.807, 2.05) is 44.2 Å². The summed E-state index contributed by atoms with van der Waals surface area (Å²) in [5.74, 6) is -0.423. The first kappa shape index (κ1) is 21.1. The van der Waals surface area contributed by atoms with Gasteiger partial charge in [-0.2, -0.15) is 0 Å². The molecule has 0 bridgehead atoms. The van der Waals surface area contributed by atoms with E-state index in [1.54, 1.807) is 12.1 Å². The number of hydrogen-bond donors (Lipinski definition) is 2. The first-order chi connectivity index (χ1) is 11.6. The van der Waals surface area contributed by atoms with Crippen molar-refractivity contribution in [2.24, 2.45) is 5.92 Å². The molecule has 3 nitrogen and oxygen atoms in total. The molecule has 0 saturated heterocycles. The van der Waals surface area contributed by atoms with Crippen LogP contribution in [0.2, 0.25) is 0 Å². The second kappa shape index (κ2) is 10.9. The molecule has 5 heteroatoms. The fourth-order valence-electron chi connectivity index (χ4n) is 2.52. The summed E-state index contributed by atoms with van der Waals surface area (Å²) in [6.45, 7) is 5.52. The highest BCUT2D eigenvalue weighted by Gasteiger charge is 2.15. The topological polar surface area (TPSA) is 41.1 Å². The number of rotatable bonds is 8. The minimum absolute atomic E-state index is 0.